The minimum atomic E-state index is 0.133. The lowest BCUT2D eigenvalue weighted by Gasteiger charge is -2.21. The van der Waals surface area contributed by atoms with Crippen molar-refractivity contribution in [2.75, 3.05) is 13.1 Å². The van der Waals surface area contributed by atoms with Crippen LogP contribution in [-0.4, -0.2) is 30.4 Å². The maximum Gasteiger partial charge on any atom is 0.313 e. The van der Waals surface area contributed by atoms with Gasteiger partial charge < -0.3 is 4.84 Å². The Hall–Kier alpha value is -0.900. The minimum Gasteiger partial charge on any atom is -0.370 e. The van der Waals surface area contributed by atoms with E-state index in [-0.39, 0.29) is 12.3 Å². The second-order valence-corrected chi connectivity index (χ2v) is 2.21. The molecule has 1 fully saturated rings. The van der Waals surface area contributed by atoms with E-state index in [1.807, 2.05) is 0 Å². The van der Waals surface area contributed by atoms with Crippen molar-refractivity contribution in [3.05, 3.63) is 0 Å². The third kappa shape index (κ3) is 1.80. The molecule has 0 aromatic heterocycles. The molecule has 0 spiro atoms. The minimum absolute atomic E-state index is 0.133. The molecular weight excluding hydrogens is 134 g/mol. The average molecular weight is 143 g/mol. The number of hydrogen-bond donors (Lipinski definition) is 0. The standard InChI is InChI=1S/C6H9NO3/c8-5-10-7-3-1-2-6(9)4-7/h5H,1-4H2. The first kappa shape index (κ1) is 7.21. The van der Waals surface area contributed by atoms with E-state index in [0.717, 1.165) is 6.42 Å². The summed E-state index contributed by atoms with van der Waals surface area (Å²) >= 11 is 0. The molecule has 0 radical (unpaired) electrons. The average Bonchev–Trinajstić information content (AvgIpc) is 1.88. The van der Waals surface area contributed by atoms with E-state index in [1.54, 1.807) is 0 Å². The molecular formula is C6H9NO3. The van der Waals surface area contributed by atoms with Crippen LogP contribution >= 0.6 is 0 Å². The van der Waals surface area contributed by atoms with E-state index >= 15 is 0 Å². The van der Waals surface area contributed by atoms with Gasteiger partial charge in [-0.1, -0.05) is 0 Å². The van der Waals surface area contributed by atoms with Crippen LogP contribution in [0.5, 0.6) is 0 Å². The van der Waals surface area contributed by atoms with Crippen molar-refractivity contribution in [3.8, 4) is 0 Å². The van der Waals surface area contributed by atoms with Crippen LogP contribution in [0.15, 0.2) is 0 Å². The highest BCUT2D eigenvalue weighted by atomic mass is 16.7. The van der Waals surface area contributed by atoms with E-state index in [4.69, 9.17) is 0 Å². The Morgan fingerprint density at radius 3 is 3.00 bits per heavy atom. The second-order valence-electron chi connectivity index (χ2n) is 2.21. The zero-order chi connectivity index (χ0) is 7.40. The fourth-order valence-corrected chi connectivity index (χ4v) is 0.958. The van der Waals surface area contributed by atoms with E-state index < -0.39 is 0 Å². The summed E-state index contributed by atoms with van der Waals surface area (Å²) < 4.78 is 0. The van der Waals surface area contributed by atoms with Crippen LogP contribution < -0.4 is 0 Å². The molecule has 0 bridgehead atoms. The molecule has 10 heavy (non-hydrogen) atoms. The molecule has 1 saturated heterocycles. The van der Waals surface area contributed by atoms with Crippen LogP contribution in [0.2, 0.25) is 0 Å². The summed E-state index contributed by atoms with van der Waals surface area (Å²) in [6.07, 6.45) is 1.39. The summed E-state index contributed by atoms with van der Waals surface area (Å²) in [5.74, 6) is 0.133. The molecule has 0 saturated carbocycles. The highest BCUT2D eigenvalue weighted by Gasteiger charge is 2.16. The number of ketones is 1. The Balaban J connectivity index is 2.31. The third-order valence-electron chi connectivity index (χ3n) is 1.41. The maximum absolute atomic E-state index is 10.7. The van der Waals surface area contributed by atoms with Gasteiger partial charge in [0.1, 0.15) is 5.78 Å². The molecule has 0 aliphatic carbocycles. The van der Waals surface area contributed by atoms with Crippen molar-refractivity contribution in [2.24, 2.45) is 0 Å². The number of Topliss-reactive ketones (excluding diaryl/α,β-unsaturated/α-hetero) is 1. The van der Waals surface area contributed by atoms with Crippen LogP contribution in [0.1, 0.15) is 12.8 Å². The Kier molecular flexibility index (Phi) is 2.39. The van der Waals surface area contributed by atoms with Gasteiger partial charge in [-0.05, 0) is 6.42 Å². The normalized spacial score (nSPS) is 20.6. The molecule has 1 heterocycles. The summed E-state index contributed by atoms with van der Waals surface area (Å²) in [4.78, 5) is 25.0. The molecule has 0 unspecified atom stereocenters. The van der Waals surface area contributed by atoms with Gasteiger partial charge in [0.2, 0.25) is 0 Å². The molecule has 1 rings (SSSR count). The monoisotopic (exact) mass is 143 g/mol. The highest BCUT2D eigenvalue weighted by Crippen LogP contribution is 2.04. The molecule has 4 heteroatoms. The van der Waals surface area contributed by atoms with E-state index in [0.29, 0.717) is 19.4 Å². The van der Waals surface area contributed by atoms with Gasteiger partial charge in [0, 0.05) is 13.0 Å². The zero-order valence-electron chi connectivity index (χ0n) is 5.58. The van der Waals surface area contributed by atoms with Gasteiger partial charge in [-0.2, -0.15) is 0 Å². The van der Waals surface area contributed by atoms with Crippen molar-refractivity contribution in [3.63, 3.8) is 0 Å². The Bertz CT molecular complexity index is 146. The summed E-state index contributed by atoms with van der Waals surface area (Å²) in [6.45, 7) is 1.27. The number of hydrogen-bond acceptors (Lipinski definition) is 4. The first-order chi connectivity index (χ1) is 4.83. The van der Waals surface area contributed by atoms with Gasteiger partial charge in [0.25, 0.3) is 0 Å². The number of rotatable bonds is 2. The van der Waals surface area contributed by atoms with E-state index in [2.05, 4.69) is 4.84 Å². The van der Waals surface area contributed by atoms with Gasteiger partial charge in [-0.3, -0.25) is 9.59 Å². The molecule has 0 N–H and O–H groups in total. The summed E-state index contributed by atoms with van der Waals surface area (Å²) in [6, 6.07) is 0. The van der Waals surface area contributed by atoms with Crippen LogP contribution in [0.4, 0.5) is 0 Å². The van der Waals surface area contributed by atoms with Crippen LogP contribution in [0, 0.1) is 0 Å². The summed E-state index contributed by atoms with van der Waals surface area (Å²) in [5.41, 5.74) is 0. The Labute approximate surface area is 58.7 Å². The smallest absolute Gasteiger partial charge is 0.313 e. The largest absolute Gasteiger partial charge is 0.370 e. The van der Waals surface area contributed by atoms with E-state index in [1.165, 1.54) is 5.06 Å². The molecule has 0 aromatic carbocycles. The van der Waals surface area contributed by atoms with Crippen molar-refractivity contribution in [1.82, 2.24) is 5.06 Å². The zero-order valence-corrected chi connectivity index (χ0v) is 5.58. The fraction of sp³-hybridized carbons (Fsp3) is 0.667. The van der Waals surface area contributed by atoms with Crippen LogP contribution in [-0.2, 0) is 14.4 Å². The van der Waals surface area contributed by atoms with Crippen LogP contribution in [0.3, 0.4) is 0 Å². The number of carbonyl (C=O) groups is 2. The van der Waals surface area contributed by atoms with Gasteiger partial charge >= 0.3 is 6.47 Å². The van der Waals surface area contributed by atoms with Gasteiger partial charge in [0.05, 0.1) is 6.54 Å². The van der Waals surface area contributed by atoms with Gasteiger partial charge in [-0.15, -0.1) is 5.06 Å². The number of hydroxylamine groups is 2. The molecule has 4 nitrogen and oxygen atoms in total. The molecule has 0 amide bonds. The lowest BCUT2D eigenvalue weighted by Crippen LogP contribution is -2.35. The van der Waals surface area contributed by atoms with Gasteiger partial charge in [0.15, 0.2) is 0 Å². The molecule has 56 valence electrons. The Morgan fingerprint density at radius 2 is 2.40 bits per heavy atom. The van der Waals surface area contributed by atoms with Crippen LogP contribution in [0.25, 0.3) is 0 Å². The van der Waals surface area contributed by atoms with Crippen molar-refractivity contribution in [2.45, 2.75) is 12.8 Å². The second kappa shape index (κ2) is 3.31. The topological polar surface area (TPSA) is 46.6 Å². The predicted octanol–water partition coefficient (Wildman–Crippen LogP) is -0.261. The SMILES string of the molecule is O=CON1CCCC(=O)C1. The molecule has 1 aliphatic rings. The summed E-state index contributed by atoms with van der Waals surface area (Å²) in [5, 5.41) is 1.37. The van der Waals surface area contributed by atoms with Gasteiger partial charge in [-0.25, -0.2) is 0 Å². The first-order valence-electron chi connectivity index (χ1n) is 3.20. The molecule has 0 aromatic rings. The number of nitrogens with zero attached hydrogens (tertiary/aromatic N) is 1. The molecule has 0 atom stereocenters. The quantitative estimate of drug-likeness (QED) is 0.499. The maximum atomic E-state index is 10.7. The predicted molar refractivity (Wildman–Crippen MR) is 33.0 cm³/mol. The van der Waals surface area contributed by atoms with Crippen molar-refractivity contribution >= 4 is 12.3 Å². The van der Waals surface area contributed by atoms with Crippen molar-refractivity contribution in [1.29, 1.82) is 0 Å². The number of carbonyl (C=O) groups excluding carboxylic acids is 2. The third-order valence-corrected chi connectivity index (χ3v) is 1.41. The lowest BCUT2D eigenvalue weighted by molar-refractivity contribution is -0.179. The number of piperidine rings is 1. The lowest BCUT2D eigenvalue weighted by atomic mass is 10.1. The van der Waals surface area contributed by atoms with Crippen molar-refractivity contribution < 1.29 is 14.4 Å². The highest BCUT2D eigenvalue weighted by molar-refractivity contribution is 5.80. The Morgan fingerprint density at radius 1 is 1.60 bits per heavy atom. The molecule has 1 aliphatic heterocycles. The van der Waals surface area contributed by atoms with E-state index in [9.17, 15) is 9.59 Å². The summed E-state index contributed by atoms with van der Waals surface area (Å²) in [7, 11) is 0. The fourth-order valence-electron chi connectivity index (χ4n) is 0.958. The first-order valence-corrected chi connectivity index (χ1v) is 3.20.